The van der Waals surface area contributed by atoms with Crippen LogP contribution >= 0.6 is 0 Å². The zero-order valence-corrected chi connectivity index (χ0v) is 16.0. The van der Waals surface area contributed by atoms with E-state index >= 15 is 0 Å². The summed E-state index contributed by atoms with van der Waals surface area (Å²) in [7, 11) is 1.63. The van der Waals surface area contributed by atoms with E-state index in [2.05, 4.69) is 20.4 Å². The summed E-state index contributed by atoms with van der Waals surface area (Å²) < 4.78 is 5.12. The summed E-state index contributed by atoms with van der Waals surface area (Å²) >= 11 is 0. The third-order valence-corrected chi connectivity index (χ3v) is 4.30. The fourth-order valence-electron chi connectivity index (χ4n) is 2.88. The number of piperazine rings is 1. The number of nitrogens with one attached hydrogen (secondary N) is 2. The van der Waals surface area contributed by atoms with E-state index in [0.717, 1.165) is 37.5 Å². The second-order valence-corrected chi connectivity index (χ2v) is 6.90. The zero-order chi connectivity index (χ0) is 18.9. The molecule has 0 radical (unpaired) electrons. The van der Waals surface area contributed by atoms with Crippen molar-refractivity contribution in [2.75, 3.05) is 46.4 Å². The molecule has 1 aromatic rings. The van der Waals surface area contributed by atoms with Crippen molar-refractivity contribution in [3.8, 4) is 5.75 Å². The number of carbonyl (C=O) groups is 2. The van der Waals surface area contributed by atoms with Gasteiger partial charge in [-0.05, 0) is 31.5 Å². The first-order chi connectivity index (χ1) is 12.5. The minimum absolute atomic E-state index is 0.0202. The second-order valence-electron chi connectivity index (χ2n) is 6.90. The molecule has 2 amide bonds. The summed E-state index contributed by atoms with van der Waals surface area (Å²) in [6, 6.07) is 7.82. The smallest absolute Gasteiger partial charge is 0.234 e. The lowest BCUT2D eigenvalue weighted by Crippen LogP contribution is -2.51. The highest BCUT2D eigenvalue weighted by Crippen LogP contribution is 2.11. The Morgan fingerprint density at radius 2 is 1.54 bits per heavy atom. The number of hydrogen-bond acceptors (Lipinski definition) is 5. The van der Waals surface area contributed by atoms with Gasteiger partial charge in [-0.25, -0.2) is 0 Å². The van der Waals surface area contributed by atoms with Gasteiger partial charge in [-0.1, -0.05) is 12.1 Å². The Kier molecular flexibility index (Phi) is 7.87. The molecule has 2 rings (SSSR count). The van der Waals surface area contributed by atoms with Gasteiger partial charge in [0.15, 0.2) is 0 Å². The number of methoxy groups -OCH3 is 1. The Balaban J connectivity index is 1.65. The molecule has 0 aliphatic carbocycles. The third-order valence-electron chi connectivity index (χ3n) is 4.30. The van der Waals surface area contributed by atoms with Gasteiger partial charge in [-0.15, -0.1) is 0 Å². The predicted octanol–water partition coefficient (Wildman–Crippen LogP) is 0.454. The van der Waals surface area contributed by atoms with Crippen molar-refractivity contribution in [1.29, 1.82) is 0 Å². The first-order valence-electron chi connectivity index (χ1n) is 9.10. The summed E-state index contributed by atoms with van der Waals surface area (Å²) in [5.74, 6) is 0.887. The Morgan fingerprint density at radius 3 is 2.04 bits per heavy atom. The molecule has 1 heterocycles. The van der Waals surface area contributed by atoms with Gasteiger partial charge in [0.05, 0.1) is 20.2 Å². The Morgan fingerprint density at radius 1 is 1.00 bits per heavy atom. The fourth-order valence-corrected chi connectivity index (χ4v) is 2.88. The minimum Gasteiger partial charge on any atom is -0.497 e. The lowest BCUT2D eigenvalue weighted by Gasteiger charge is -2.33. The van der Waals surface area contributed by atoms with Gasteiger partial charge in [0.25, 0.3) is 0 Å². The van der Waals surface area contributed by atoms with Gasteiger partial charge >= 0.3 is 0 Å². The highest BCUT2D eigenvalue weighted by Gasteiger charge is 2.20. The van der Waals surface area contributed by atoms with E-state index in [1.165, 1.54) is 0 Å². The van der Waals surface area contributed by atoms with E-state index in [1.54, 1.807) is 7.11 Å². The van der Waals surface area contributed by atoms with Crippen LogP contribution in [0.1, 0.15) is 19.4 Å². The lowest BCUT2D eigenvalue weighted by atomic mass is 10.2. The SMILES string of the molecule is COc1ccc(CNC(=O)CN2CCN(CC(=O)NC(C)C)CC2)cc1. The topological polar surface area (TPSA) is 73.9 Å². The third kappa shape index (κ3) is 7.01. The summed E-state index contributed by atoms with van der Waals surface area (Å²) in [5, 5.41) is 5.86. The molecule has 1 aromatic carbocycles. The molecular weight excluding hydrogens is 332 g/mol. The summed E-state index contributed by atoms with van der Waals surface area (Å²) in [6.07, 6.45) is 0. The molecular formula is C19H30N4O3. The van der Waals surface area contributed by atoms with Crippen LogP contribution in [0.2, 0.25) is 0 Å². The van der Waals surface area contributed by atoms with Crippen LogP contribution in [0.25, 0.3) is 0 Å². The molecule has 144 valence electrons. The number of benzene rings is 1. The highest BCUT2D eigenvalue weighted by molar-refractivity contribution is 5.78. The van der Waals surface area contributed by atoms with Crippen LogP contribution in [0, 0.1) is 0 Å². The number of rotatable bonds is 8. The van der Waals surface area contributed by atoms with Gasteiger partial charge in [-0.2, -0.15) is 0 Å². The quantitative estimate of drug-likeness (QED) is 0.703. The molecule has 1 saturated heterocycles. The van der Waals surface area contributed by atoms with E-state index < -0.39 is 0 Å². The molecule has 7 heteroatoms. The van der Waals surface area contributed by atoms with Crippen molar-refractivity contribution < 1.29 is 14.3 Å². The van der Waals surface area contributed by atoms with Gasteiger partial charge < -0.3 is 15.4 Å². The molecule has 0 aromatic heterocycles. The van der Waals surface area contributed by atoms with Crippen molar-refractivity contribution in [2.24, 2.45) is 0 Å². The first kappa shape index (κ1) is 20.2. The first-order valence-corrected chi connectivity index (χ1v) is 9.10. The number of carbonyl (C=O) groups excluding carboxylic acids is 2. The molecule has 0 saturated carbocycles. The van der Waals surface area contributed by atoms with Crippen LogP contribution in [0.5, 0.6) is 5.75 Å². The molecule has 1 aliphatic heterocycles. The monoisotopic (exact) mass is 362 g/mol. The standard InChI is InChI=1S/C19H30N4O3/c1-15(2)21-19(25)14-23-10-8-22(9-11-23)13-18(24)20-12-16-4-6-17(26-3)7-5-16/h4-7,15H,8-14H2,1-3H3,(H,20,24)(H,21,25). The van der Waals surface area contributed by atoms with Crippen molar-refractivity contribution in [3.63, 3.8) is 0 Å². The normalized spacial score (nSPS) is 15.7. The van der Waals surface area contributed by atoms with E-state index in [1.807, 2.05) is 38.1 Å². The van der Waals surface area contributed by atoms with Crippen molar-refractivity contribution in [3.05, 3.63) is 29.8 Å². The van der Waals surface area contributed by atoms with Crippen LogP contribution in [0.15, 0.2) is 24.3 Å². The Labute approximate surface area is 155 Å². The molecule has 0 unspecified atom stereocenters. The van der Waals surface area contributed by atoms with Crippen LogP contribution in [-0.4, -0.2) is 74.0 Å². The maximum Gasteiger partial charge on any atom is 0.234 e. The molecule has 7 nitrogen and oxygen atoms in total. The van der Waals surface area contributed by atoms with Gasteiger partial charge in [0.2, 0.25) is 11.8 Å². The van der Waals surface area contributed by atoms with E-state index in [-0.39, 0.29) is 17.9 Å². The van der Waals surface area contributed by atoms with Crippen molar-refractivity contribution >= 4 is 11.8 Å². The highest BCUT2D eigenvalue weighted by atomic mass is 16.5. The molecule has 0 atom stereocenters. The number of ether oxygens (including phenoxy) is 1. The van der Waals surface area contributed by atoms with Crippen molar-refractivity contribution in [1.82, 2.24) is 20.4 Å². The van der Waals surface area contributed by atoms with Crippen molar-refractivity contribution in [2.45, 2.75) is 26.4 Å². The molecule has 0 spiro atoms. The predicted molar refractivity (Wildman–Crippen MR) is 101 cm³/mol. The minimum atomic E-state index is 0.0202. The average molecular weight is 362 g/mol. The average Bonchev–Trinajstić information content (AvgIpc) is 2.61. The van der Waals surface area contributed by atoms with Crippen LogP contribution < -0.4 is 15.4 Å². The molecule has 1 fully saturated rings. The Bertz CT molecular complexity index is 581. The zero-order valence-electron chi connectivity index (χ0n) is 16.0. The number of nitrogens with zero attached hydrogens (tertiary/aromatic N) is 2. The second kappa shape index (κ2) is 10.1. The van der Waals surface area contributed by atoms with Crippen LogP contribution in [-0.2, 0) is 16.1 Å². The largest absolute Gasteiger partial charge is 0.497 e. The fraction of sp³-hybridized carbons (Fsp3) is 0.579. The van der Waals surface area contributed by atoms with E-state index in [4.69, 9.17) is 4.74 Å². The van der Waals surface area contributed by atoms with Crippen LogP contribution in [0.4, 0.5) is 0 Å². The molecule has 1 aliphatic rings. The molecule has 26 heavy (non-hydrogen) atoms. The summed E-state index contributed by atoms with van der Waals surface area (Å²) in [4.78, 5) is 28.2. The summed E-state index contributed by atoms with van der Waals surface area (Å²) in [6.45, 7) is 8.45. The maximum atomic E-state index is 12.1. The summed E-state index contributed by atoms with van der Waals surface area (Å²) in [5.41, 5.74) is 1.04. The van der Waals surface area contributed by atoms with E-state index in [9.17, 15) is 9.59 Å². The number of hydrogen-bond donors (Lipinski definition) is 2. The molecule has 2 N–H and O–H groups in total. The molecule has 0 bridgehead atoms. The van der Waals surface area contributed by atoms with Gasteiger partial charge in [0.1, 0.15) is 5.75 Å². The Hall–Kier alpha value is -2.12. The lowest BCUT2D eigenvalue weighted by molar-refractivity contribution is -0.125. The van der Waals surface area contributed by atoms with E-state index in [0.29, 0.717) is 19.6 Å². The van der Waals surface area contributed by atoms with Gasteiger partial charge in [0, 0.05) is 38.8 Å². The maximum absolute atomic E-state index is 12.1. The number of amides is 2. The van der Waals surface area contributed by atoms with Crippen LogP contribution in [0.3, 0.4) is 0 Å². The van der Waals surface area contributed by atoms with Gasteiger partial charge in [-0.3, -0.25) is 19.4 Å².